The summed E-state index contributed by atoms with van der Waals surface area (Å²) in [6.07, 6.45) is 6.69. The Morgan fingerprint density at radius 2 is 1.97 bits per heavy atom. The molecule has 1 atom stereocenters. The molecular formula is C24H27ClN2O4S. The number of nitrogens with one attached hydrogen (secondary N) is 1. The zero-order valence-electron chi connectivity index (χ0n) is 18.0. The number of aryl methyl sites for hydroxylation is 1. The Kier molecular flexibility index (Phi) is 6.76. The number of ether oxygens (including phenoxy) is 1. The molecule has 1 N–H and O–H groups in total. The van der Waals surface area contributed by atoms with Crippen LogP contribution in [0, 0.1) is 6.92 Å². The maximum atomic E-state index is 13.4. The molecular weight excluding hydrogens is 448 g/mol. The number of halogens is 1. The van der Waals surface area contributed by atoms with Crippen molar-refractivity contribution in [2.45, 2.75) is 50.0 Å². The van der Waals surface area contributed by atoms with Gasteiger partial charge in [0.1, 0.15) is 5.75 Å². The van der Waals surface area contributed by atoms with Crippen LogP contribution in [0.25, 0.3) is 0 Å². The molecule has 1 amide bonds. The van der Waals surface area contributed by atoms with E-state index in [0.29, 0.717) is 23.0 Å². The van der Waals surface area contributed by atoms with Crippen LogP contribution in [0.15, 0.2) is 59.0 Å². The van der Waals surface area contributed by atoms with Crippen LogP contribution >= 0.6 is 11.6 Å². The number of rotatable bonds is 6. The Balaban J connectivity index is 1.55. The minimum absolute atomic E-state index is 0.127. The monoisotopic (exact) mass is 474 g/mol. The van der Waals surface area contributed by atoms with Crippen LogP contribution in [0.3, 0.4) is 0 Å². The molecule has 0 bridgehead atoms. The first kappa shape index (κ1) is 22.7. The predicted octanol–water partition coefficient (Wildman–Crippen LogP) is 4.61. The second-order valence-electron chi connectivity index (χ2n) is 8.22. The van der Waals surface area contributed by atoms with Gasteiger partial charge in [-0.15, -0.1) is 0 Å². The maximum absolute atomic E-state index is 13.4. The maximum Gasteiger partial charge on any atom is 0.264 e. The molecule has 2 aromatic carbocycles. The topological polar surface area (TPSA) is 75.7 Å². The highest BCUT2D eigenvalue weighted by molar-refractivity contribution is 7.92. The van der Waals surface area contributed by atoms with Gasteiger partial charge >= 0.3 is 0 Å². The average Bonchev–Trinajstić information content (AvgIpc) is 2.79. The zero-order chi connectivity index (χ0) is 22.7. The molecule has 0 saturated carbocycles. The summed E-state index contributed by atoms with van der Waals surface area (Å²) in [4.78, 5) is 13.0. The van der Waals surface area contributed by atoms with E-state index in [1.54, 1.807) is 42.5 Å². The summed E-state index contributed by atoms with van der Waals surface area (Å²) in [6.45, 7) is 2.27. The lowest BCUT2D eigenvalue weighted by Crippen LogP contribution is -2.50. The normalized spacial score (nSPS) is 18.4. The van der Waals surface area contributed by atoms with Gasteiger partial charge in [-0.1, -0.05) is 40.9 Å². The van der Waals surface area contributed by atoms with Gasteiger partial charge in [-0.2, -0.15) is 0 Å². The molecule has 0 saturated heterocycles. The molecule has 6 nitrogen and oxygen atoms in total. The fourth-order valence-electron chi connectivity index (χ4n) is 4.02. The van der Waals surface area contributed by atoms with Gasteiger partial charge in [0.15, 0.2) is 6.10 Å². The number of nitrogens with zero attached hydrogens (tertiary/aromatic N) is 1. The van der Waals surface area contributed by atoms with Crippen LogP contribution in [0.2, 0.25) is 5.02 Å². The van der Waals surface area contributed by atoms with Crippen molar-refractivity contribution in [3.63, 3.8) is 0 Å². The number of fused-ring (bicyclic) bond motifs is 1. The van der Waals surface area contributed by atoms with Crippen molar-refractivity contribution in [2.75, 3.05) is 17.4 Å². The quantitative estimate of drug-likeness (QED) is 0.620. The molecule has 2 aromatic rings. The Morgan fingerprint density at radius 1 is 1.19 bits per heavy atom. The van der Waals surface area contributed by atoms with Gasteiger partial charge in [0, 0.05) is 11.6 Å². The second kappa shape index (κ2) is 9.55. The van der Waals surface area contributed by atoms with Crippen molar-refractivity contribution in [3.05, 3.63) is 64.7 Å². The lowest BCUT2D eigenvalue weighted by Gasteiger charge is -2.35. The third-order valence-electron chi connectivity index (χ3n) is 5.82. The van der Waals surface area contributed by atoms with Gasteiger partial charge in [0.05, 0.1) is 17.1 Å². The molecule has 8 heteroatoms. The first-order valence-electron chi connectivity index (χ1n) is 10.9. The number of allylic oxidation sites excluding steroid dienone is 1. The Bertz CT molecular complexity index is 1130. The number of sulfonamides is 1. The Labute approximate surface area is 194 Å². The second-order valence-corrected chi connectivity index (χ2v) is 10.5. The van der Waals surface area contributed by atoms with Gasteiger partial charge in [0.2, 0.25) is 0 Å². The minimum Gasteiger partial charge on any atom is -0.476 e. The smallest absolute Gasteiger partial charge is 0.264 e. The van der Waals surface area contributed by atoms with E-state index in [2.05, 4.69) is 11.4 Å². The number of carbonyl (C=O) groups is 1. The van der Waals surface area contributed by atoms with E-state index in [1.165, 1.54) is 22.7 Å². The van der Waals surface area contributed by atoms with E-state index >= 15 is 0 Å². The van der Waals surface area contributed by atoms with E-state index in [9.17, 15) is 13.2 Å². The van der Waals surface area contributed by atoms with Crippen LogP contribution in [0.4, 0.5) is 5.69 Å². The molecule has 0 aromatic heterocycles. The lowest BCUT2D eigenvalue weighted by atomic mass is 9.97. The van der Waals surface area contributed by atoms with Crippen LogP contribution in [-0.4, -0.2) is 33.5 Å². The highest BCUT2D eigenvalue weighted by Gasteiger charge is 2.37. The van der Waals surface area contributed by atoms with E-state index in [1.807, 2.05) is 6.92 Å². The predicted molar refractivity (Wildman–Crippen MR) is 126 cm³/mol. The molecule has 170 valence electrons. The van der Waals surface area contributed by atoms with E-state index in [4.69, 9.17) is 16.3 Å². The third kappa shape index (κ3) is 4.94. The number of anilines is 1. The van der Waals surface area contributed by atoms with Gasteiger partial charge in [-0.3, -0.25) is 9.10 Å². The van der Waals surface area contributed by atoms with Gasteiger partial charge in [-0.25, -0.2) is 8.42 Å². The molecule has 2 aliphatic rings. The Hall–Kier alpha value is -2.51. The molecule has 32 heavy (non-hydrogen) atoms. The fourth-order valence-corrected chi connectivity index (χ4v) is 5.65. The largest absolute Gasteiger partial charge is 0.476 e. The van der Waals surface area contributed by atoms with E-state index in [0.717, 1.165) is 24.8 Å². The average molecular weight is 475 g/mol. The molecule has 0 unspecified atom stereocenters. The third-order valence-corrected chi connectivity index (χ3v) is 7.85. The van der Waals surface area contributed by atoms with Crippen LogP contribution < -0.4 is 14.4 Å². The number of benzene rings is 2. The fraction of sp³-hybridized carbons (Fsp3) is 0.375. The first-order valence-corrected chi connectivity index (χ1v) is 12.7. The van der Waals surface area contributed by atoms with Crippen molar-refractivity contribution in [2.24, 2.45) is 0 Å². The number of amides is 1. The van der Waals surface area contributed by atoms with Gasteiger partial charge in [-0.05, 0) is 69.4 Å². The first-order chi connectivity index (χ1) is 15.3. The van der Waals surface area contributed by atoms with Crippen molar-refractivity contribution < 1.29 is 17.9 Å². The van der Waals surface area contributed by atoms with Crippen LogP contribution in [0.1, 0.15) is 37.7 Å². The molecule has 1 aliphatic carbocycles. The van der Waals surface area contributed by atoms with E-state index in [-0.39, 0.29) is 17.3 Å². The van der Waals surface area contributed by atoms with Crippen molar-refractivity contribution in [3.8, 4) is 5.75 Å². The summed E-state index contributed by atoms with van der Waals surface area (Å²) in [7, 11) is -3.91. The Morgan fingerprint density at radius 3 is 2.69 bits per heavy atom. The summed E-state index contributed by atoms with van der Waals surface area (Å²) in [6, 6.07) is 11.4. The van der Waals surface area contributed by atoms with Crippen molar-refractivity contribution in [1.29, 1.82) is 0 Å². The molecule has 1 aliphatic heterocycles. The van der Waals surface area contributed by atoms with E-state index < -0.39 is 16.1 Å². The summed E-state index contributed by atoms with van der Waals surface area (Å²) in [5.74, 6) is -0.0161. The standard InChI is InChI=1S/C24H27ClN2O4S/c1-17-7-10-20(11-8-17)32(29,30)27-16-23(31-22-12-9-19(25)15-21(22)27)24(28)26-14-13-18-5-3-2-4-6-18/h5,7-12,15,23H,2-4,6,13-14,16H2,1H3,(H,26,28)/t23-/m0/s1. The molecule has 0 spiro atoms. The summed E-state index contributed by atoms with van der Waals surface area (Å²) >= 11 is 6.14. The molecule has 0 radical (unpaired) electrons. The lowest BCUT2D eigenvalue weighted by molar-refractivity contribution is -0.127. The molecule has 4 rings (SSSR count). The van der Waals surface area contributed by atoms with Crippen LogP contribution in [0.5, 0.6) is 5.75 Å². The zero-order valence-corrected chi connectivity index (χ0v) is 19.6. The van der Waals surface area contributed by atoms with Gasteiger partial charge < -0.3 is 10.1 Å². The van der Waals surface area contributed by atoms with Crippen molar-refractivity contribution >= 4 is 33.2 Å². The number of carbonyl (C=O) groups excluding carboxylic acids is 1. The molecule has 0 fully saturated rings. The van der Waals surface area contributed by atoms with Gasteiger partial charge in [0.25, 0.3) is 15.9 Å². The van der Waals surface area contributed by atoms with Crippen molar-refractivity contribution in [1.82, 2.24) is 5.32 Å². The number of hydrogen-bond donors (Lipinski definition) is 1. The highest BCUT2D eigenvalue weighted by atomic mass is 35.5. The number of hydrogen-bond acceptors (Lipinski definition) is 4. The SMILES string of the molecule is Cc1ccc(S(=O)(=O)N2C[C@@H](C(=O)NCCC3=CCCCC3)Oc3ccc(Cl)cc32)cc1. The summed E-state index contributed by atoms with van der Waals surface area (Å²) in [5.41, 5.74) is 2.65. The van der Waals surface area contributed by atoms with Crippen LogP contribution in [-0.2, 0) is 14.8 Å². The highest BCUT2D eigenvalue weighted by Crippen LogP contribution is 2.38. The summed E-state index contributed by atoms with van der Waals surface area (Å²) < 4.78 is 34.0. The summed E-state index contributed by atoms with van der Waals surface area (Å²) in [5, 5.41) is 3.30. The molecule has 1 heterocycles. The minimum atomic E-state index is -3.91.